The van der Waals surface area contributed by atoms with Crippen LogP contribution in [0.2, 0.25) is 0 Å². The van der Waals surface area contributed by atoms with Gasteiger partial charge in [0.1, 0.15) is 5.76 Å². The molecule has 7 nitrogen and oxygen atoms in total. The third-order valence-electron chi connectivity index (χ3n) is 4.78. The minimum Gasteiger partial charge on any atom is -0.360 e. The van der Waals surface area contributed by atoms with Gasteiger partial charge >= 0.3 is 0 Å². The third kappa shape index (κ3) is 3.24. The normalized spacial score (nSPS) is 22.3. The van der Waals surface area contributed by atoms with E-state index in [1.54, 1.807) is 11.9 Å². The zero-order chi connectivity index (χ0) is 16.4. The predicted molar refractivity (Wildman–Crippen MR) is 84.1 cm³/mol. The molecule has 1 aliphatic carbocycles. The van der Waals surface area contributed by atoms with Gasteiger partial charge in [0.25, 0.3) is 5.91 Å². The Morgan fingerprint density at radius 2 is 2.00 bits per heavy atom. The highest BCUT2D eigenvalue weighted by Crippen LogP contribution is 2.25. The van der Waals surface area contributed by atoms with E-state index in [4.69, 9.17) is 4.52 Å². The molecule has 0 spiro atoms. The van der Waals surface area contributed by atoms with Crippen molar-refractivity contribution in [3.8, 4) is 0 Å². The van der Waals surface area contributed by atoms with E-state index in [1.807, 2.05) is 7.05 Å². The summed E-state index contributed by atoms with van der Waals surface area (Å²) >= 11 is 0. The standard InChI is InChI=1S/C16H24N4O3/c1-17-15(21)11-9-19(2)7-8-20(10-11)16(22)14-12-5-3-4-6-13(12)23-18-14/h11H,3-10H2,1-2H3,(H,17,21)/t11-/m1/s1. The van der Waals surface area contributed by atoms with Gasteiger partial charge in [-0.15, -0.1) is 0 Å². The Balaban J connectivity index is 1.80. The quantitative estimate of drug-likeness (QED) is 0.848. The minimum atomic E-state index is -0.223. The maximum Gasteiger partial charge on any atom is 0.276 e. The van der Waals surface area contributed by atoms with E-state index in [0.29, 0.717) is 25.3 Å². The summed E-state index contributed by atoms with van der Waals surface area (Å²) in [5.74, 6) is 0.494. The highest BCUT2D eigenvalue weighted by molar-refractivity contribution is 5.94. The lowest BCUT2D eigenvalue weighted by Crippen LogP contribution is -2.41. The van der Waals surface area contributed by atoms with Crippen LogP contribution in [0.1, 0.15) is 34.7 Å². The minimum absolute atomic E-state index is 0.0290. The van der Waals surface area contributed by atoms with E-state index in [-0.39, 0.29) is 17.7 Å². The van der Waals surface area contributed by atoms with Crippen molar-refractivity contribution in [1.29, 1.82) is 0 Å². The summed E-state index contributed by atoms with van der Waals surface area (Å²) in [6, 6.07) is 0. The SMILES string of the molecule is CNC(=O)[C@@H]1CN(C)CCN(C(=O)c2noc3c2CCCC3)C1. The molecule has 0 saturated carbocycles. The topological polar surface area (TPSA) is 78.7 Å². The fourth-order valence-electron chi connectivity index (χ4n) is 3.43. The second kappa shape index (κ2) is 6.70. The number of likely N-dealkylation sites (N-methyl/N-ethyl adjacent to an activating group) is 1. The number of aromatic nitrogens is 1. The second-order valence-corrected chi connectivity index (χ2v) is 6.46. The summed E-state index contributed by atoms with van der Waals surface area (Å²) in [5, 5.41) is 6.72. The average molecular weight is 320 g/mol. The predicted octanol–water partition coefficient (Wildman–Crippen LogP) is 0.303. The molecule has 1 N–H and O–H groups in total. The molecule has 1 saturated heterocycles. The first-order valence-corrected chi connectivity index (χ1v) is 8.27. The van der Waals surface area contributed by atoms with Crippen LogP contribution in [0.4, 0.5) is 0 Å². The van der Waals surface area contributed by atoms with Crippen molar-refractivity contribution in [3.05, 3.63) is 17.0 Å². The maximum absolute atomic E-state index is 12.9. The highest BCUT2D eigenvalue weighted by atomic mass is 16.5. The van der Waals surface area contributed by atoms with Crippen molar-refractivity contribution < 1.29 is 14.1 Å². The smallest absolute Gasteiger partial charge is 0.276 e. The van der Waals surface area contributed by atoms with E-state index in [0.717, 1.165) is 43.6 Å². The molecule has 0 radical (unpaired) electrons. The lowest BCUT2D eigenvalue weighted by atomic mass is 9.96. The van der Waals surface area contributed by atoms with Gasteiger partial charge in [-0.25, -0.2) is 0 Å². The molecular weight excluding hydrogens is 296 g/mol. The highest BCUT2D eigenvalue weighted by Gasteiger charge is 2.32. The van der Waals surface area contributed by atoms with Crippen molar-refractivity contribution in [3.63, 3.8) is 0 Å². The van der Waals surface area contributed by atoms with Gasteiger partial charge in [-0.05, 0) is 26.3 Å². The van der Waals surface area contributed by atoms with E-state index in [2.05, 4.69) is 15.4 Å². The van der Waals surface area contributed by atoms with Gasteiger partial charge in [-0.1, -0.05) is 5.16 Å². The Morgan fingerprint density at radius 3 is 2.78 bits per heavy atom. The Labute approximate surface area is 136 Å². The Morgan fingerprint density at radius 1 is 1.22 bits per heavy atom. The lowest BCUT2D eigenvalue weighted by molar-refractivity contribution is -0.125. The summed E-state index contributed by atoms with van der Waals surface area (Å²) < 4.78 is 5.36. The van der Waals surface area contributed by atoms with Crippen LogP contribution in [-0.4, -0.2) is 67.0 Å². The number of hydrogen-bond acceptors (Lipinski definition) is 5. The number of nitrogens with zero attached hydrogens (tertiary/aromatic N) is 3. The number of carbonyl (C=O) groups excluding carboxylic acids is 2. The molecule has 1 fully saturated rings. The number of rotatable bonds is 2. The van der Waals surface area contributed by atoms with Crippen molar-refractivity contribution in [2.75, 3.05) is 40.3 Å². The summed E-state index contributed by atoms with van der Waals surface area (Å²) in [5.41, 5.74) is 1.41. The maximum atomic E-state index is 12.9. The van der Waals surface area contributed by atoms with Gasteiger partial charge in [0, 0.05) is 45.2 Å². The van der Waals surface area contributed by atoms with Crippen LogP contribution >= 0.6 is 0 Å². The lowest BCUT2D eigenvalue weighted by Gasteiger charge is -2.23. The molecule has 0 unspecified atom stereocenters. The number of hydrogen-bond donors (Lipinski definition) is 1. The van der Waals surface area contributed by atoms with E-state index in [1.165, 1.54) is 0 Å². The molecule has 2 heterocycles. The van der Waals surface area contributed by atoms with Crippen LogP contribution in [0, 0.1) is 5.92 Å². The molecule has 7 heteroatoms. The van der Waals surface area contributed by atoms with E-state index in [9.17, 15) is 9.59 Å². The number of nitrogens with one attached hydrogen (secondary N) is 1. The van der Waals surface area contributed by atoms with Gasteiger partial charge in [-0.3, -0.25) is 9.59 Å². The molecule has 1 aliphatic heterocycles. The van der Waals surface area contributed by atoms with Crippen molar-refractivity contribution in [2.45, 2.75) is 25.7 Å². The number of aryl methyl sites for hydroxylation is 1. The number of amides is 2. The largest absolute Gasteiger partial charge is 0.360 e. The molecule has 3 rings (SSSR count). The van der Waals surface area contributed by atoms with Crippen molar-refractivity contribution in [1.82, 2.24) is 20.3 Å². The van der Waals surface area contributed by atoms with Crippen LogP contribution in [0.3, 0.4) is 0 Å². The average Bonchev–Trinajstić information content (AvgIpc) is 2.90. The van der Waals surface area contributed by atoms with Crippen LogP contribution in [0.5, 0.6) is 0 Å². The molecule has 126 valence electrons. The van der Waals surface area contributed by atoms with Gasteiger partial charge in [0.15, 0.2) is 5.69 Å². The molecule has 2 amide bonds. The van der Waals surface area contributed by atoms with Crippen LogP contribution in [-0.2, 0) is 17.6 Å². The monoisotopic (exact) mass is 320 g/mol. The zero-order valence-electron chi connectivity index (χ0n) is 13.8. The van der Waals surface area contributed by atoms with Crippen LogP contribution in [0.15, 0.2) is 4.52 Å². The first-order valence-electron chi connectivity index (χ1n) is 8.27. The molecule has 23 heavy (non-hydrogen) atoms. The summed E-state index contributed by atoms with van der Waals surface area (Å²) in [4.78, 5) is 28.8. The molecule has 2 aliphatic rings. The van der Waals surface area contributed by atoms with Crippen molar-refractivity contribution in [2.24, 2.45) is 5.92 Å². The van der Waals surface area contributed by atoms with Crippen molar-refractivity contribution >= 4 is 11.8 Å². The van der Waals surface area contributed by atoms with Crippen LogP contribution in [0.25, 0.3) is 0 Å². The van der Waals surface area contributed by atoms with E-state index >= 15 is 0 Å². The van der Waals surface area contributed by atoms with Gasteiger partial charge in [0.2, 0.25) is 5.91 Å². The van der Waals surface area contributed by atoms with Gasteiger partial charge in [0.05, 0.1) is 5.92 Å². The number of carbonyl (C=O) groups is 2. The van der Waals surface area contributed by atoms with Gasteiger partial charge < -0.3 is 19.6 Å². The molecule has 1 aromatic rings. The molecule has 0 bridgehead atoms. The second-order valence-electron chi connectivity index (χ2n) is 6.46. The zero-order valence-corrected chi connectivity index (χ0v) is 13.8. The Bertz CT molecular complexity index is 598. The first-order chi connectivity index (χ1) is 11.1. The van der Waals surface area contributed by atoms with Crippen LogP contribution < -0.4 is 5.32 Å². The Hall–Kier alpha value is -1.89. The summed E-state index contributed by atoms with van der Waals surface area (Å²) in [6.45, 7) is 2.43. The van der Waals surface area contributed by atoms with Gasteiger partial charge in [-0.2, -0.15) is 0 Å². The molecule has 0 aromatic carbocycles. The third-order valence-corrected chi connectivity index (χ3v) is 4.78. The molecule has 1 aromatic heterocycles. The fourth-order valence-corrected chi connectivity index (χ4v) is 3.43. The molecule has 1 atom stereocenters. The number of fused-ring (bicyclic) bond motifs is 1. The fraction of sp³-hybridized carbons (Fsp3) is 0.688. The van der Waals surface area contributed by atoms with E-state index < -0.39 is 0 Å². The Kier molecular flexibility index (Phi) is 4.66. The summed E-state index contributed by atoms with van der Waals surface area (Å²) in [6.07, 6.45) is 3.87. The molecular formula is C16H24N4O3. The first kappa shape index (κ1) is 16.0. The summed E-state index contributed by atoms with van der Waals surface area (Å²) in [7, 11) is 3.61.